The third-order valence-corrected chi connectivity index (χ3v) is 2.99. The molecule has 1 N–H and O–H groups in total. The molecule has 0 aliphatic carbocycles. The zero-order valence-corrected chi connectivity index (χ0v) is 12.7. The molecule has 0 aliphatic heterocycles. The van der Waals surface area contributed by atoms with E-state index in [1.165, 1.54) is 5.56 Å². The van der Waals surface area contributed by atoms with Crippen LogP contribution in [0.3, 0.4) is 0 Å². The highest BCUT2D eigenvalue weighted by Crippen LogP contribution is 2.14. The van der Waals surface area contributed by atoms with E-state index in [1.54, 1.807) is 7.11 Å². The van der Waals surface area contributed by atoms with Crippen LogP contribution < -0.4 is 10.2 Å². The minimum atomic E-state index is 0.793. The van der Waals surface area contributed by atoms with Crippen LogP contribution in [0.25, 0.3) is 0 Å². The highest BCUT2D eigenvalue weighted by Gasteiger charge is 2.05. The van der Waals surface area contributed by atoms with Crippen LogP contribution in [0.5, 0.6) is 0 Å². The lowest BCUT2D eigenvalue weighted by molar-refractivity contribution is 0.196. The number of hydrogen-bond donors (Lipinski definition) is 1. The summed E-state index contributed by atoms with van der Waals surface area (Å²) in [7, 11) is 3.82. The van der Waals surface area contributed by atoms with Gasteiger partial charge in [0, 0.05) is 39.5 Å². The van der Waals surface area contributed by atoms with Gasteiger partial charge in [0.1, 0.15) is 5.82 Å². The SMILES string of the molecule is CCCNCc1cc(C)nc(N(C)CCCOC)c1. The van der Waals surface area contributed by atoms with Crippen molar-refractivity contribution >= 4 is 5.82 Å². The van der Waals surface area contributed by atoms with Crippen LogP contribution in [0.4, 0.5) is 5.82 Å². The van der Waals surface area contributed by atoms with Crippen molar-refractivity contribution in [2.24, 2.45) is 0 Å². The molecule has 0 aliphatic rings. The maximum Gasteiger partial charge on any atom is 0.128 e. The molecule has 4 nitrogen and oxygen atoms in total. The Morgan fingerprint density at radius 1 is 1.37 bits per heavy atom. The van der Waals surface area contributed by atoms with Gasteiger partial charge in [0.25, 0.3) is 0 Å². The molecule has 0 amide bonds. The number of aromatic nitrogens is 1. The number of hydrogen-bond acceptors (Lipinski definition) is 4. The van der Waals surface area contributed by atoms with Gasteiger partial charge in [0.05, 0.1) is 0 Å². The molecule has 0 aromatic carbocycles. The second-order valence-electron chi connectivity index (χ2n) is 4.92. The number of aryl methyl sites for hydroxylation is 1. The fourth-order valence-corrected chi connectivity index (χ4v) is 1.99. The van der Waals surface area contributed by atoms with Gasteiger partial charge in [-0.15, -0.1) is 0 Å². The van der Waals surface area contributed by atoms with E-state index >= 15 is 0 Å². The highest BCUT2D eigenvalue weighted by atomic mass is 16.5. The number of nitrogens with zero attached hydrogens (tertiary/aromatic N) is 2. The maximum absolute atomic E-state index is 5.08. The van der Waals surface area contributed by atoms with Crippen LogP contribution in [-0.2, 0) is 11.3 Å². The van der Waals surface area contributed by atoms with Crippen LogP contribution in [0, 0.1) is 6.92 Å². The second kappa shape index (κ2) is 8.88. The highest BCUT2D eigenvalue weighted by molar-refractivity contribution is 5.41. The summed E-state index contributed by atoms with van der Waals surface area (Å²) >= 11 is 0. The van der Waals surface area contributed by atoms with E-state index in [0.717, 1.165) is 50.6 Å². The Hall–Kier alpha value is -1.13. The second-order valence-corrected chi connectivity index (χ2v) is 4.92. The summed E-state index contributed by atoms with van der Waals surface area (Å²) in [6.07, 6.45) is 2.18. The molecule has 0 unspecified atom stereocenters. The molecule has 0 atom stereocenters. The van der Waals surface area contributed by atoms with Gasteiger partial charge >= 0.3 is 0 Å². The van der Waals surface area contributed by atoms with Crippen molar-refractivity contribution < 1.29 is 4.74 Å². The van der Waals surface area contributed by atoms with Gasteiger partial charge in [-0.05, 0) is 44.0 Å². The van der Waals surface area contributed by atoms with Gasteiger partial charge in [0.15, 0.2) is 0 Å². The van der Waals surface area contributed by atoms with E-state index in [2.05, 4.69) is 48.2 Å². The predicted octanol–water partition coefficient (Wildman–Crippen LogP) is 2.36. The van der Waals surface area contributed by atoms with Crippen molar-refractivity contribution in [2.45, 2.75) is 33.2 Å². The number of nitrogens with one attached hydrogen (secondary N) is 1. The molecule has 1 rings (SSSR count). The average Bonchev–Trinajstić information content (AvgIpc) is 2.38. The van der Waals surface area contributed by atoms with Gasteiger partial charge in [-0.1, -0.05) is 6.92 Å². The summed E-state index contributed by atoms with van der Waals surface area (Å²) in [4.78, 5) is 6.79. The van der Waals surface area contributed by atoms with E-state index in [0.29, 0.717) is 0 Å². The molecule has 0 radical (unpaired) electrons. The lowest BCUT2D eigenvalue weighted by Crippen LogP contribution is -2.22. The molecule has 4 heteroatoms. The quantitative estimate of drug-likeness (QED) is 0.696. The molecule has 0 fully saturated rings. The first-order valence-corrected chi connectivity index (χ1v) is 7.05. The zero-order valence-electron chi connectivity index (χ0n) is 12.7. The smallest absolute Gasteiger partial charge is 0.128 e. The Bertz CT molecular complexity index is 368. The van der Waals surface area contributed by atoms with Gasteiger partial charge in [0.2, 0.25) is 0 Å². The minimum absolute atomic E-state index is 0.793. The first-order valence-electron chi connectivity index (χ1n) is 7.05. The summed E-state index contributed by atoms with van der Waals surface area (Å²) < 4.78 is 5.08. The van der Waals surface area contributed by atoms with E-state index in [-0.39, 0.29) is 0 Å². The van der Waals surface area contributed by atoms with Crippen molar-refractivity contribution in [1.82, 2.24) is 10.3 Å². The van der Waals surface area contributed by atoms with Crippen molar-refractivity contribution in [3.8, 4) is 0 Å². The van der Waals surface area contributed by atoms with Crippen molar-refractivity contribution in [3.63, 3.8) is 0 Å². The molecule has 1 aromatic heterocycles. The third kappa shape index (κ3) is 6.03. The topological polar surface area (TPSA) is 37.4 Å². The average molecular weight is 265 g/mol. The first kappa shape index (κ1) is 15.9. The predicted molar refractivity (Wildman–Crippen MR) is 80.7 cm³/mol. The van der Waals surface area contributed by atoms with Crippen molar-refractivity contribution in [1.29, 1.82) is 0 Å². The minimum Gasteiger partial charge on any atom is -0.385 e. The number of ether oxygens (including phenoxy) is 1. The maximum atomic E-state index is 5.08. The van der Waals surface area contributed by atoms with E-state index in [4.69, 9.17) is 4.74 Å². The normalized spacial score (nSPS) is 10.7. The Morgan fingerprint density at radius 3 is 2.84 bits per heavy atom. The standard InChI is InChI=1S/C15H27N3O/c1-5-7-16-12-14-10-13(2)17-15(11-14)18(3)8-6-9-19-4/h10-11,16H,5-9,12H2,1-4H3. The van der Waals surface area contributed by atoms with E-state index in [1.807, 2.05) is 0 Å². The van der Waals surface area contributed by atoms with Crippen molar-refractivity contribution in [2.75, 3.05) is 38.8 Å². The summed E-state index contributed by atoms with van der Waals surface area (Å²) in [5.74, 6) is 1.05. The summed E-state index contributed by atoms with van der Waals surface area (Å²) in [6.45, 7) is 7.96. The molecule has 0 saturated carbocycles. The fraction of sp³-hybridized carbons (Fsp3) is 0.667. The molecule has 108 valence electrons. The van der Waals surface area contributed by atoms with E-state index in [9.17, 15) is 0 Å². The monoisotopic (exact) mass is 265 g/mol. The Balaban J connectivity index is 2.61. The number of methoxy groups -OCH3 is 1. The summed E-state index contributed by atoms with van der Waals surface area (Å²) in [6, 6.07) is 4.32. The molecule has 1 aromatic rings. The first-order chi connectivity index (χ1) is 9.17. The molecule has 0 spiro atoms. The molecule has 1 heterocycles. The molecule has 19 heavy (non-hydrogen) atoms. The van der Waals surface area contributed by atoms with Crippen LogP contribution in [0.15, 0.2) is 12.1 Å². The lowest BCUT2D eigenvalue weighted by atomic mass is 10.2. The lowest BCUT2D eigenvalue weighted by Gasteiger charge is -2.19. The van der Waals surface area contributed by atoms with Gasteiger partial charge < -0.3 is 15.0 Å². The van der Waals surface area contributed by atoms with Crippen molar-refractivity contribution in [3.05, 3.63) is 23.4 Å². The molecular formula is C15H27N3O. The molecule has 0 saturated heterocycles. The number of anilines is 1. The fourth-order valence-electron chi connectivity index (χ4n) is 1.99. The Morgan fingerprint density at radius 2 is 2.16 bits per heavy atom. The Kier molecular flexibility index (Phi) is 7.45. The van der Waals surface area contributed by atoms with Crippen LogP contribution in [0.1, 0.15) is 31.0 Å². The molecule has 0 bridgehead atoms. The summed E-state index contributed by atoms with van der Waals surface area (Å²) in [5, 5.41) is 3.43. The largest absolute Gasteiger partial charge is 0.385 e. The van der Waals surface area contributed by atoms with Crippen LogP contribution >= 0.6 is 0 Å². The van der Waals surface area contributed by atoms with Crippen LogP contribution in [0.2, 0.25) is 0 Å². The number of rotatable bonds is 9. The molecular weight excluding hydrogens is 238 g/mol. The van der Waals surface area contributed by atoms with Gasteiger partial charge in [-0.25, -0.2) is 4.98 Å². The number of pyridine rings is 1. The van der Waals surface area contributed by atoms with Crippen LogP contribution in [-0.4, -0.2) is 38.8 Å². The van der Waals surface area contributed by atoms with Gasteiger partial charge in [-0.3, -0.25) is 0 Å². The summed E-state index contributed by atoms with van der Waals surface area (Å²) in [5.41, 5.74) is 2.37. The Labute approximate surface area is 117 Å². The van der Waals surface area contributed by atoms with E-state index < -0.39 is 0 Å². The van der Waals surface area contributed by atoms with Gasteiger partial charge in [-0.2, -0.15) is 0 Å². The third-order valence-electron chi connectivity index (χ3n) is 2.99. The zero-order chi connectivity index (χ0) is 14.1.